The summed E-state index contributed by atoms with van der Waals surface area (Å²) < 4.78 is 13.7. The summed E-state index contributed by atoms with van der Waals surface area (Å²) in [5, 5.41) is 8.65. The zero-order valence-corrected chi connectivity index (χ0v) is 10.5. The molecule has 1 atom stereocenters. The Bertz CT molecular complexity index is 400. The van der Waals surface area contributed by atoms with Crippen LogP contribution in [0.5, 0.6) is 0 Å². The van der Waals surface area contributed by atoms with Gasteiger partial charge in [0.25, 0.3) is 0 Å². The molecule has 0 aliphatic carbocycles. The van der Waals surface area contributed by atoms with Crippen LogP contribution in [0, 0.1) is 17.1 Å². The minimum atomic E-state index is -0.338. The summed E-state index contributed by atoms with van der Waals surface area (Å²) in [5.41, 5.74) is 0.896. The highest BCUT2D eigenvalue weighted by molar-refractivity contribution is 7.98. The molecule has 0 saturated carbocycles. The molecule has 0 amide bonds. The van der Waals surface area contributed by atoms with Crippen LogP contribution in [0.3, 0.4) is 0 Å². The summed E-state index contributed by atoms with van der Waals surface area (Å²) in [6.45, 7) is 2.05. The maximum atomic E-state index is 13.7. The quantitative estimate of drug-likeness (QED) is 0.807. The number of halogens is 1. The zero-order valence-electron chi connectivity index (χ0n) is 9.70. The van der Waals surface area contributed by atoms with Gasteiger partial charge in [-0.15, -0.1) is 0 Å². The smallest absolute Gasteiger partial charge is 0.147 e. The van der Waals surface area contributed by atoms with Gasteiger partial charge in [-0.05, 0) is 31.4 Å². The van der Waals surface area contributed by atoms with Crippen LogP contribution in [0.4, 0.5) is 10.1 Å². The Balaban J connectivity index is 2.92. The normalized spacial score (nSPS) is 11.9. The molecule has 0 heterocycles. The molecular weight excluding hydrogens is 223 g/mol. The van der Waals surface area contributed by atoms with E-state index in [1.165, 1.54) is 6.07 Å². The SMILES string of the molecule is CSCC(C)N(C)c1ccc(C#N)cc1F. The zero-order chi connectivity index (χ0) is 12.1. The first kappa shape index (κ1) is 12.9. The summed E-state index contributed by atoms with van der Waals surface area (Å²) in [6.07, 6.45) is 2.03. The molecule has 0 radical (unpaired) electrons. The predicted octanol–water partition coefficient (Wildman–Crippen LogP) is 2.89. The van der Waals surface area contributed by atoms with Gasteiger partial charge in [0.05, 0.1) is 17.3 Å². The van der Waals surface area contributed by atoms with Crippen molar-refractivity contribution in [1.82, 2.24) is 0 Å². The fourth-order valence-corrected chi connectivity index (χ4v) is 2.16. The molecule has 0 spiro atoms. The van der Waals surface area contributed by atoms with Crippen LogP contribution in [-0.2, 0) is 0 Å². The number of thioether (sulfide) groups is 1. The third-order valence-corrected chi connectivity index (χ3v) is 3.34. The fourth-order valence-electron chi connectivity index (χ4n) is 1.45. The molecular formula is C12H15FN2S. The summed E-state index contributed by atoms with van der Waals surface area (Å²) in [7, 11) is 1.87. The second-order valence-electron chi connectivity index (χ2n) is 3.69. The highest BCUT2D eigenvalue weighted by Gasteiger charge is 2.13. The number of anilines is 1. The number of nitrogens with zero attached hydrogens (tertiary/aromatic N) is 2. The molecule has 2 nitrogen and oxygen atoms in total. The minimum Gasteiger partial charge on any atom is -0.369 e. The van der Waals surface area contributed by atoms with Crippen molar-refractivity contribution in [2.45, 2.75) is 13.0 Å². The molecule has 0 aliphatic heterocycles. The summed E-state index contributed by atoms with van der Waals surface area (Å²) in [5.74, 6) is 0.602. The maximum absolute atomic E-state index is 13.7. The van der Waals surface area contributed by atoms with E-state index in [2.05, 4.69) is 0 Å². The van der Waals surface area contributed by atoms with Gasteiger partial charge in [0, 0.05) is 18.8 Å². The molecule has 0 N–H and O–H groups in total. The topological polar surface area (TPSA) is 27.0 Å². The van der Waals surface area contributed by atoms with Crippen molar-refractivity contribution >= 4 is 17.4 Å². The fraction of sp³-hybridized carbons (Fsp3) is 0.417. The van der Waals surface area contributed by atoms with Gasteiger partial charge in [-0.25, -0.2) is 4.39 Å². The van der Waals surface area contributed by atoms with Gasteiger partial charge in [-0.1, -0.05) is 0 Å². The van der Waals surface area contributed by atoms with E-state index in [4.69, 9.17) is 5.26 Å². The minimum absolute atomic E-state index is 0.262. The van der Waals surface area contributed by atoms with Crippen molar-refractivity contribution in [3.05, 3.63) is 29.6 Å². The molecule has 0 bridgehead atoms. The van der Waals surface area contributed by atoms with E-state index in [9.17, 15) is 4.39 Å². The second-order valence-corrected chi connectivity index (χ2v) is 4.60. The molecule has 0 fully saturated rings. The lowest BCUT2D eigenvalue weighted by atomic mass is 10.2. The van der Waals surface area contributed by atoms with E-state index >= 15 is 0 Å². The third kappa shape index (κ3) is 2.89. The van der Waals surface area contributed by atoms with Crippen LogP contribution in [0.15, 0.2) is 18.2 Å². The Labute approximate surface area is 100 Å². The van der Waals surface area contributed by atoms with Crippen LogP contribution in [0.1, 0.15) is 12.5 Å². The molecule has 0 saturated heterocycles. The lowest BCUT2D eigenvalue weighted by molar-refractivity contribution is 0.614. The monoisotopic (exact) mass is 238 g/mol. The Kier molecular flexibility index (Phi) is 4.63. The van der Waals surface area contributed by atoms with E-state index in [1.807, 2.05) is 31.2 Å². The molecule has 1 rings (SSSR count). The van der Waals surface area contributed by atoms with Crippen molar-refractivity contribution in [3.8, 4) is 6.07 Å². The molecule has 1 aromatic carbocycles. The van der Waals surface area contributed by atoms with Gasteiger partial charge in [-0.2, -0.15) is 17.0 Å². The highest BCUT2D eigenvalue weighted by atomic mass is 32.2. The number of benzene rings is 1. The van der Waals surface area contributed by atoms with Crippen molar-refractivity contribution in [2.24, 2.45) is 0 Å². The van der Waals surface area contributed by atoms with E-state index < -0.39 is 0 Å². The third-order valence-electron chi connectivity index (χ3n) is 2.53. The lowest BCUT2D eigenvalue weighted by Gasteiger charge is -2.26. The van der Waals surface area contributed by atoms with Gasteiger partial charge in [0.1, 0.15) is 5.82 Å². The lowest BCUT2D eigenvalue weighted by Crippen LogP contribution is -2.31. The Morgan fingerprint density at radius 1 is 1.56 bits per heavy atom. The molecule has 1 aromatic rings. The summed E-state index contributed by atoms with van der Waals surface area (Å²) in [6, 6.07) is 6.76. The molecule has 0 aliphatic rings. The molecule has 4 heteroatoms. The first-order chi connectivity index (χ1) is 7.60. The van der Waals surface area contributed by atoms with E-state index in [-0.39, 0.29) is 11.9 Å². The average molecular weight is 238 g/mol. The first-order valence-electron chi connectivity index (χ1n) is 5.01. The largest absolute Gasteiger partial charge is 0.369 e. The Morgan fingerprint density at radius 3 is 2.75 bits per heavy atom. The van der Waals surface area contributed by atoms with Crippen LogP contribution in [0.2, 0.25) is 0 Å². The van der Waals surface area contributed by atoms with Crippen molar-refractivity contribution in [1.29, 1.82) is 5.26 Å². The van der Waals surface area contributed by atoms with Crippen molar-refractivity contribution in [2.75, 3.05) is 24.0 Å². The van der Waals surface area contributed by atoms with Crippen LogP contribution < -0.4 is 4.90 Å². The number of hydrogen-bond acceptors (Lipinski definition) is 3. The van der Waals surface area contributed by atoms with Crippen molar-refractivity contribution in [3.63, 3.8) is 0 Å². The van der Waals surface area contributed by atoms with Gasteiger partial charge in [0.2, 0.25) is 0 Å². The number of hydrogen-bond donors (Lipinski definition) is 0. The summed E-state index contributed by atoms with van der Waals surface area (Å²) >= 11 is 1.73. The maximum Gasteiger partial charge on any atom is 0.147 e. The average Bonchev–Trinajstić information content (AvgIpc) is 2.28. The van der Waals surface area contributed by atoms with Gasteiger partial charge in [-0.3, -0.25) is 0 Å². The van der Waals surface area contributed by atoms with Crippen LogP contribution in [0.25, 0.3) is 0 Å². The van der Waals surface area contributed by atoms with Crippen LogP contribution in [-0.4, -0.2) is 25.1 Å². The molecule has 86 valence electrons. The Morgan fingerprint density at radius 2 is 2.25 bits per heavy atom. The standard InChI is InChI=1S/C12H15FN2S/c1-9(8-16-3)15(2)12-5-4-10(7-14)6-11(12)13/h4-6,9H,8H2,1-3H3. The van der Waals surface area contributed by atoms with E-state index in [0.717, 1.165) is 5.75 Å². The van der Waals surface area contributed by atoms with Gasteiger partial charge < -0.3 is 4.90 Å². The van der Waals surface area contributed by atoms with Gasteiger partial charge in [0.15, 0.2) is 0 Å². The molecule has 16 heavy (non-hydrogen) atoms. The highest BCUT2D eigenvalue weighted by Crippen LogP contribution is 2.21. The molecule has 0 aromatic heterocycles. The summed E-state index contributed by atoms with van der Waals surface area (Å²) in [4.78, 5) is 1.90. The second kappa shape index (κ2) is 5.76. The van der Waals surface area contributed by atoms with Crippen LogP contribution >= 0.6 is 11.8 Å². The van der Waals surface area contributed by atoms with E-state index in [0.29, 0.717) is 11.3 Å². The Hall–Kier alpha value is -1.21. The van der Waals surface area contributed by atoms with Gasteiger partial charge >= 0.3 is 0 Å². The number of nitriles is 1. The van der Waals surface area contributed by atoms with Crippen molar-refractivity contribution < 1.29 is 4.39 Å². The van der Waals surface area contributed by atoms with E-state index in [1.54, 1.807) is 23.9 Å². The number of rotatable bonds is 4. The molecule has 1 unspecified atom stereocenters. The predicted molar refractivity (Wildman–Crippen MR) is 67.4 cm³/mol. The first-order valence-corrected chi connectivity index (χ1v) is 6.41.